The molecule has 1 amide bonds. The van der Waals surface area contributed by atoms with Crippen molar-refractivity contribution >= 4 is 5.91 Å². The molecule has 1 fully saturated rings. The normalized spacial score (nSPS) is 22.0. The third-order valence-electron chi connectivity index (χ3n) is 2.93. The molecule has 0 radical (unpaired) electrons. The zero-order valence-corrected chi connectivity index (χ0v) is 9.98. The zero-order valence-electron chi connectivity index (χ0n) is 9.98. The molecule has 17 heavy (non-hydrogen) atoms. The fraction of sp³-hybridized carbons (Fsp3) is 0.462. The monoisotopic (exact) mass is 233 g/mol. The minimum Gasteiger partial charge on any atom is -0.356 e. The Morgan fingerprint density at radius 1 is 1.18 bits per heavy atom. The van der Waals surface area contributed by atoms with Crippen LogP contribution in [-0.4, -0.2) is 37.1 Å². The highest BCUT2D eigenvalue weighted by atomic mass is 16.1. The Hall–Kier alpha value is -1.55. The average molecular weight is 233 g/mol. The maximum atomic E-state index is 11.5. The first kappa shape index (κ1) is 11.9. The van der Waals surface area contributed by atoms with Crippen LogP contribution in [0, 0.1) is 0 Å². The highest BCUT2D eigenvalue weighted by Crippen LogP contribution is 2.12. The van der Waals surface area contributed by atoms with Crippen molar-refractivity contribution in [2.24, 2.45) is 0 Å². The third-order valence-corrected chi connectivity index (χ3v) is 2.93. The highest BCUT2D eigenvalue weighted by Gasteiger charge is 2.12. The number of nitrogens with one attached hydrogen (secondary N) is 2. The van der Waals surface area contributed by atoms with Crippen LogP contribution in [0.4, 0.5) is 0 Å². The highest BCUT2D eigenvalue weighted by molar-refractivity contribution is 5.76. The van der Waals surface area contributed by atoms with Gasteiger partial charge in [-0.1, -0.05) is 24.3 Å². The Bertz CT molecular complexity index is 358. The van der Waals surface area contributed by atoms with Crippen LogP contribution in [0.1, 0.15) is 12.8 Å². The maximum Gasteiger partial charge on any atom is 0.222 e. The molecule has 4 heteroatoms. The number of amides is 1. The molecule has 1 aliphatic heterocycles. The van der Waals surface area contributed by atoms with Gasteiger partial charge in [0, 0.05) is 38.2 Å². The van der Waals surface area contributed by atoms with Crippen molar-refractivity contribution in [3.05, 3.63) is 36.1 Å². The fourth-order valence-electron chi connectivity index (χ4n) is 1.94. The summed E-state index contributed by atoms with van der Waals surface area (Å²) in [4.78, 5) is 13.7. The molecular weight excluding hydrogens is 214 g/mol. The molecule has 1 heterocycles. The predicted octanol–water partition coefficient (Wildman–Crippen LogP) is 0.755. The molecule has 2 aliphatic rings. The number of carbonyl (C=O) groups is 1. The van der Waals surface area contributed by atoms with Crippen molar-refractivity contribution in [2.75, 3.05) is 26.3 Å². The summed E-state index contributed by atoms with van der Waals surface area (Å²) in [7, 11) is 0. The summed E-state index contributed by atoms with van der Waals surface area (Å²) in [5.74, 6) is 0.115. The van der Waals surface area contributed by atoms with Crippen molar-refractivity contribution in [3.63, 3.8) is 0 Å². The van der Waals surface area contributed by atoms with E-state index in [9.17, 15) is 4.79 Å². The second kappa shape index (κ2) is 6.25. The number of allylic oxidation sites excluding steroid dienone is 5. The van der Waals surface area contributed by atoms with E-state index in [1.165, 1.54) is 5.70 Å². The van der Waals surface area contributed by atoms with Gasteiger partial charge in [-0.05, 0) is 6.08 Å². The SMILES string of the molecule is O=C1CCNCCN(C2=CC=CC=CC2)CN1. The van der Waals surface area contributed by atoms with Crippen LogP contribution >= 0.6 is 0 Å². The molecule has 0 unspecified atom stereocenters. The van der Waals surface area contributed by atoms with E-state index in [0.717, 1.165) is 26.1 Å². The van der Waals surface area contributed by atoms with Gasteiger partial charge in [0.25, 0.3) is 0 Å². The van der Waals surface area contributed by atoms with E-state index in [1.54, 1.807) is 0 Å². The summed E-state index contributed by atoms with van der Waals surface area (Å²) in [5, 5.41) is 6.23. The van der Waals surface area contributed by atoms with Gasteiger partial charge in [0.1, 0.15) is 0 Å². The molecule has 0 aromatic carbocycles. The molecule has 0 aromatic heterocycles. The van der Waals surface area contributed by atoms with Crippen molar-refractivity contribution in [3.8, 4) is 0 Å². The van der Waals surface area contributed by atoms with Gasteiger partial charge < -0.3 is 15.5 Å². The second-order valence-electron chi connectivity index (χ2n) is 4.20. The summed E-state index contributed by atoms with van der Waals surface area (Å²) < 4.78 is 0. The van der Waals surface area contributed by atoms with E-state index in [0.29, 0.717) is 13.1 Å². The molecule has 4 nitrogen and oxygen atoms in total. The topological polar surface area (TPSA) is 44.4 Å². The molecule has 0 spiro atoms. The standard InChI is InChI=1S/C13H19N3O/c17-13-7-8-14-9-10-16(11-15-13)12-5-3-1-2-4-6-12/h1-5,14H,6-11H2,(H,15,17). The van der Waals surface area contributed by atoms with Crippen LogP contribution < -0.4 is 10.6 Å². The lowest BCUT2D eigenvalue weighted by Crippen LogP contribution is -2.38. The van der Waals surface area contributed by atoms with Gasteiger partial charge in [0.15, 0.2) is 0 Å². The van der Waals surface area contributed by atoms with Gasteiger partial charge in [0.05, 0.1) is 6.67 Å². The number of hydrogen-bond donors (Lipinski definition) is 2. The first-order valence-corrected chi connectivity index (χ1v) is 6.11. The van der Waals surface area contributed by atoms with Crippen molar-refractivity contribution in [1.82, 2.24) is 15.5 Å². The molecule has 92 valence electrons. The maximum absolute atomic E-state index is 11.5. The van der Waals surface area contributed by atoms with Crippen LogP contribution in [-0.2, 0) is 4.79 Å². The van der Waals surface area contributed by atoms with E-state index >= 15 is 0 Å². The lowest BCUT2D eigenvalue weighted by atomic mass is 10.2. The number of hydrogen-bond acceptors (Lipinski definition) is 3. The molecular formula is C13H19N3O. The van der Waals surface area contributed by atoms with Crippen LogP contribution in [0.5, 0.6) is 0 Å². The second-order valence-corrected chi connectivity index (χ2v) is 4.20. The van der Waals surface area contributed by atoms with Gasteiger partial charge in [-0.15, -0.1) is 0 Å². The lowest BCUT2D eigenvalue weighted by molar-refractivity contribution is -0.121. The van der Waals surface area contributed by atoms with E-state index < -0.39 is 0 Å². The minimum absolute atomic E-state index is 0.115. The number of rotatable bonds is 1. The number of carbonyl (C=O) groups excluding carboxylic acids is 1. The molecule has 0 atom stereocenters. The largest absolute Gasteiger partial charge is 0.356 e. The summed E-state index contributed by atoms with van der Waals surface area (Å²) >= 11 is 0. The Kier molecular flexibility index (Phi) is 4.38. The summed E-state index contributed by atoms with van der Waals surface area (Å²) in [6, 6.07) is 0. The van der Waals surface area contributed by atoms with Crippen LogP contribution in [0.2, 0.25) is 0 Å². The van der Waals surface area contributed by atoms with Gasteiger partial charge in [-0.3, -0.25) is 4.79 Å². The molecule has 1 aliphatic carbocycles. The third kappa shape index (κ3) is 3.75. The van der Waals surface area contributed by atoms with E-state index in [4.69, 9.17) is 0 Å². The van der Waals surface area contributed by atoms with Gasteiger partial charge in [-0.25, -0.2) is 0 Å². The smallest absolute Gasteiger partial charge is 0.222 e. The quantitative estimate of drug-likeness (QED) is 0.702. The van der Waals surface area contributed by atoms with Gasteiger partial charge in [0.2, 0.25) is 5.91 Å². The summed E-state index contributed by atoms with van der Waals surface area (Å²) in [5.41, 5.74) is 1.25. The Labute approximate surface area is 102 Å². The molecule has 0 aromatic rings. The van der Waals surface area contributed by atoms with Crippen LogP contribution in [0.25, 0.3) is 0 Å². The molecule has 0 bridgehead atoms. The Morgan fingerprint density at radius 3 is 3.06 bits per heavy atom. The Balaban J connectivity index is 2.01. The Morgan fingerprint density at radius 2 is 2.12 bits per heavy atom. The first-order chi connectivity index (χ1) is 8.36. The fourth-order valence-corrected chi connectivity index (χ4v) is 1.94. The molecule has 2 N–H and O–H groups in total. The predicted molar refractivity (Wildman–Crippen MR) is 68.2 cm³/mol. The summed E-state index contributed by atoms with van der Waals surface area (Å²) in [6.45, 7) is 3.21. The van der Waals surface area contributed by atoms with Crippen molar-refractivity contribution < 1.29 is 4.79 Å². The van der Waals surface area contributed by atoms with Crippen molar-refractivity contribution in [1.29, 1.82) is 0 Å². The van der Waals surface area contributed by atoms with Crippen molar-refractivity contribution in [2.45, 2.75) is 12.8 Å². The van der Waals surface area contributed by atoms with E-state index in [1.807, 2.05) is 12.2 Å². The first-order valence-electron chi connectivity index (χ1n) is 6.11. The van der Waals surface area contributed by atoms with Gasteiger partial charge in [-0.2, -0.15) is 0 Å². The van der Waals surface area contributed by atoms with Crippen LogP contribution in [0.15, 0.2) is 36.1 Å². The van der Waals surface area contributed by atoms with E-state index in [2.05, 4.69) is 33.8 Å². The number of nitrogens with zero attached hydrogens (tertiary/aromatic N) is 1. The average Bonchev–Trinajstić information content (AvgIpc) is 2.55. The van der Waals surface area contributed by atoms with Gasteiger partial charge >= 0.3 is 0 Å². The molecule has 1 saturated heterocycles. The van der Waals surface area contributed by atoms with E-state index in [-0.39, 0.29) is 5.91 Å². The minimum atomic E-state index is 0.115. The summed E-state index contributed by atoms with van der Waals surface area (Å²) in [6.07, 6.45) is 11.9. The van der Waals surface area contributed by atoms with Crippen LogP contribution in [0.3, 0.4) is 0 Å². The molecule has 0 saturated carbocycles. The molecule has 2 rings (SSSR count). The lowest BCUT2D eigenvalue weighted by Gasteiger charge is -2.26. The zero-order chi connectivity index (χ0) is 11.9.